The molecule has 2 N–H and O–H groups in total. The van der Waals surface area contributed by atoms with Crippen molar-refractivity contribution >= 4 is 23.1 Å². The van der Waals surface area contributed by atoms with Gasteiger partial charge in [0.15, 0.2) is 5.82 Å². The Morgan fingerprint density at radius 3 is 2.58 bits per heavy atom. The quantitative estimate of drug-likeness (QED) is 0.745. The van der Waals surface area contributed by atoms with Gasteiger partial charge in [-0.2, -0.15) is 15.3 Å². The zero-order chi connectivity index (χ0) is 16.8. The average Bonchev–Trinajstić information content (AvgIpc) is 2.63. The van der Waals surface area contributed by atoms with Crippen LogP contribution in [-0.4, -0.2) is 22.3 Å². The van der Waals surface area contributed by atoms with Crippen molar-refractivity contribution in [2.45, 2.75) is 0 Å². The van der Waals surface area contributed by atoms with Crippen LogP contribution in [-0.2, 0) is 0 Å². The lowest BCUT2D eigenvalue weighted by atomic mass is 10.2. The minimum absolute atomic E-state index is 0.347. The summed E-state index contributed by atoms with van der Waals surface area (Å²) in [5.74, 6) is 1.60. The van der Waals surface area contributed by atoms with Crippen molar-refractivity contribution in [1.29, 1.82) is 5.26 Å². The first kappa shape index (κ1) is 15.2. The molecule has 0 atom stereocenters. The third kappa shape index (κ3) is 3.56. The molecule has 0 aliphatic rings. The monoisotopic (exact) mass is 318 g/mol. The smallest absolute Gasteiger partial charge is 0.249 e. The van der Waals surface area contributed by atoms with E-state index in [1.807, 2.05) is 30.3 Å². The molecule has 24 heavy (non-hydrogen) atoms. The van der Waals surface area contributed by atoms with E-state index in [2.05, 4.69) is 31.9 Å². The van der Waals surface area contributed by atoms with Gasteiger partial charge in [-0.3, -0.25) is 0 Å². The number of nitrogens with one attached hydrogen (secondary N) is 2. The fraction of sp³-hybridized carbons (Fsp3) is 0.0588. The second-order valence-corrected chi connectivity index (χ2v) is 4.80. The summed E-state index contributed by atoms with van der Waals surface area (Å²) in [5, 5.41) is 23.1. The molecule has 3 aromatic rings. The lowest BCUT2D eigenvalue weighted by molar-refractivity contribution is 0.415. The average molecular weight is 318 g/mol. The summed E-state index contributed by atoms with van der Waals surface area (Å²) in [5.41, 5.74) is 2.00. The number of anilines is 4. The van der Waals surface area contributed by atoms with Crippen molar-refractivity contribution in [2.24, 2.45) is 0 Å². The SMILES string of the molecule is COc1ccc(Nc2nncc(Nc3ccccc3C#N)n2)cc1. The van der Waals surface area contributed by atoms with E-state index >= 15 is 0 Å². The topological polar surface area (TPSA) is 95.8 Å². The van der Waals surface area contributed by atoms with Gasteiger partial charge in [0.25, 0.3) is 0 Å². The highest BCUT2D eigenvalue weighted by atomic mass is 16.5. The highest BCUT2D eigenvalue weighted by Crippen LogP contribution is 2.20. The molecule has 0 bridgehead atoms. The number of nitriles is 1. The second kappa shape index (κ2) is 7.07. The van der Waals surface area contributed by atoms with E-state index in [0.717, 1.165) is 11.4 Å². The standard InChI is InChI=1S/C17H14N6O/c1-24-14-8-6-13(7-9-14)20-17-22-16(11-19-23-17)21-15-5-3-2-4-12(15)10-18/h2-9,11H,1H3,(H2,20,21,22,23). The number of rotatable bonds is 5. The Labute approximate surface area is 139 Å². The molecule has 0 fully saturated rings. The molecule has 0 saturated heterocycles. The Hall–Kier alpha value is -3.66. The molecular weight excluding hydrogens is 304 g/mol. The van der Waals surface area contributed by atoms with Crippen molar-refractivity contribution in [1.82, 2.24) is 15.2 Å². The minimum atomic E-state index is 0.347. The Kier molecular flexibility index (Phi) is 4.49. The first-order valence-corrected chi connectivity index (χ1v) is 7.15. The van der Waals surface area contributed by atoms with Gasteiger partial charge in [0.05, 0.1) is 24.6 Å². The van der Waals surface area contributed by atoms with Gasteiger partial charge >= 0.3 is 0 Å². The third-order valence-electron chi connectivity index (χ3n) is 3.22. The van der Waals surface area contributed by atoms with Gasteiger partial charge < -0.3 is 15.4 Å². The van der Waals surface area contributed by atoms with Crippen LogP contribution in [0, 0.1) is 11.3 Å². The number of para-hydroxylation sites is 1. The zero-order valence-electron chi connectivity index (χ0n) is 12.9. The highest BCUT2D eigenvalue weighted by Gasteiger charge is 2.05. The Morgan fingerprint density at radius 1 is 1.04 bits per heavy atom. The highest BCUT2D eigenvalue weighted by molar-refractivity contribution is 5.64. The number of methoxy groups -OCH3 is 1. The van der Waals surface area contributed by atoms with Gasteiger partial charge in [0.2, 0.25) is 5.95 Å². The van der Waals surface area contributed by atoms with Crippen molar-refractivity contribution in [2.75, 3.05) is 17.7 Å². The van der Waals surface area contributed by atoms with Crippen molar-refractivity contribution in [3.8, 4) is 11.8 Å². The van der Waals surface area contributed by atoms with Crippen LogP contribution in [0.1, 0.15) is 5.56 Å². The van der Waals surface area contributed by atoms with Crippen LogP contribution in [0.2, 0.25) is 0 Å². The van der Waals surface area contributed by atoms with Gasteiger partial charge in [-0.15, -0.1) is 5.10 Å². The van der Waals surface area contributed by atoms with Crippen LogP contribution in [0.15, 0.2) is 54.7 Å². The van der Waals surface area contributed by atoms with Crippen LogP contribution in [0.5, 0.6) is 5.75 Å². The van der Waals surface area contributed by atoms with Gasteiger partial charge in [0.1, 0.15) is 11.8 Å². The van der Waals surface area contributed by atoms with Crippen molar-refractivity contribution < 1.29 is 4.74 Å². The van der Waals surface area contributed by atoms with Crippen LogP contribution >= 0.6 is 0 Å². The molecule has 118 valence electrons. The molecule has 0 radical (unpaired) electrons. The van der Waals surface area contributed by atoms with Crippen LogP contribution in [0.3, 0.4) is 0 Å². The second-order valence-electron chi connectivity index (χ2n) is 4.80. The Bertz CT molecular complexity index is 873. The van der Waals surface area contributed by atoms with Gasteiger partial charge in [-0.1, -0.05) is 12.1 Å². The summed E-state index contributed by atoms with van der Waals surface area (Å²) in [4.78, 5) is 4.34. The maximum Gasteiger partial charge on any atom is 0.249 e. The molecule has 0 aliphatic carbocycles. The molecule has 0 unspecified atom stereocenters. The van der Waals surface area contributed by atoms with Crippen molar-refractivity contribution in [3.63, 3.8) is 0 Å². The number of hydrogen-bond donors (Lipinski definition) is 2. The summed E-state index contributed by atoms with van der Waals surface area (Å²) < 4.78 is 5.12. The van der Waals surface area contributed by atoms with E-state index < -0.39 is 0 Å². The first-order valence-electron chi connectivity index (χ1n) is 7.15. The number of nitrogens with zero attached hydrogens (tertiary/aromatic N) is 4. The minimum Gasteiger partial charge on any atom is -0.497 e. The maximum atomic E-state index is 9.13. The molecule has 3 rings (SSSR count). The van der Waals surface area contributed by atoms with E-state index in [0.29, 0.717) is 23.0 Å². The van der Waals surface area contributed by atoms with E-state index in [1.165, 1.54) is 6.20 Å². The fourth-order valence-corrected chi connectivity index (χ4v) is 2.05. The predicted molar refractivity (Wildman–Crippen MR) is 90.5 cm³/mol. The number of hydrogen-bond acceptors (Lipinski definition) is 7. The van der Waals surface area contributed by atoms with Crippen LogP contribution < -0.4 is 15.4 Å². The molecule has 7 nitrogen and oxygen atoms in total. The molecule has 0 amide bonds. The zero-order valence-corrected chi connectivity index (χ0v) is 12.9. The summed E-state index contributed by atoms with van der Waals surface area (Å²) in [6.45, 7) is 0. The first-order chi connectivity index (χ1) is 11.8. The van der Waals surface area contributed by atoms with Crippen molar-refractivity contribution in [3.05, 3.63) is 60.3 Å². The molecule has 1 heterocycles. The molecule has 2 aromatic carbocycles. The largest absolute Gasteiger partial charge is 0.497 e. The normalized spacial score (nSPS) is 9.83. The molecule has 7 heteroatoms. The number of ether oxygens (including phenoxy) is 1. The molecule has 0 aliphatic heterocycles. The number of aromatic nitrogens is 3. The summed E-state index contributed by atoms with van der Waals surface area (Å²) in [7, 11) is 1.61. The van der Waals surface area contributed by atoms with Crippen LogP contribution in [0.25, 0.3) is 0 Å². The lowest BCUT2D eigenvalue weighted by Crippen LogP contribution is -2.03. The third-order valence-corrected chi connectivity index (χ3v) is 3.22. The van der Waals surface area contributed by atoms with E-state index in [9.17, 15) is 0 Å². The van der Waals surface area contributed by atoms with Crippen LogP contribution in [0.4, 0.5) is 23.1 Å². The lowest BCUT2D eigenvalue weighted by Gasteiger charge is -2.09. The summed E-state index contributed by atoms with van der Waals surface area (Å²) in [6.07, 6.45) is 1.49. The molecule has 1 aromatic heterocycles. The Morgan fingerprint density at radius 2 is 1.83 bits per heavy atom. The molecule has 0 saturated carbocycles. The predicted octanol–water partition coefficient (Wildman–Crippen LogP) is 3.24. The Balaban J connectivity index is 1.77. The molecule has 0 spiro atoms. The van der Waals surface area contributed by atoms with Gasteiger partial charge in [-0.05, 0) is 36.4 Å². The van der Waals surface area contributed by atoms with E-state index in [-0.39, 0.29) is 0 Å². The fourth-order valence-electron chi connectivity index (χ4n) is 2.05. The molecular formula is C17H14N6O. The van der Waals surface area contributed by atoms with Gasteiger partial charge in [0, 0.05) is 5.69 Å². The van der Waals surface area contributed by atoms with E-state index in [1.54, 1.807) is 25.3 Å². The van der Waals surface area contributed by atoms with Gasteiger partial charge in [-0.25, -0.2) is 0 Å². The summed E-state index contributed by atoms with van der Waals surface area (Å²) >= 11 is 0. The summed E-state index contributed by atoms with van der Waals surface area (Å²) in [6, 6.07) is 16.7. The maximum absolute atomic E-state index is 9.13. The van der Waals surface area contributed by atoms with E-state index in [4.69, 9.17) is 10.00 Å². The number of benzene rings is 2.